The maximum Gasteiger partial charge on any atom is 0.421 e. The van der Waals surface area contributed by atoms with Crippen LogP contribution in [0.1, 0.15) is 29.4 Å². The van der Waals surface area contributed by atoms with Gasteiger partial charge in [-0.05, 0) is 6.92 Å². The number of carbonyl (C=O) groups is 1. The summed E-state index contributed by atoms with van der Waals surface area (Å²) in [6.07, 6.45) is -4.04. The van der Waals surface area contributed by atoms with Crippen molar-refractivity contribution in [3.8, 4) is 5.88 Å². The molecule has 0 aromatic carbocycles. The SMILES string of the molecule is C=CCC(C)Oc1nc(C(=O)OC)c([N+](=O)[O-])cc1C(F)(F)F. The fourth-order valence-electron chi connectivity index (χ4n) is 1.64. The molecule has 23 heavy (non-hydrogen) atoms. The molecule has 1 heterocycles. The second-order valence-electron chi connectivity index (χ2n) is 4.41. The molecule has 0 bridgehead atoms. The minimum Gasteiger partial charge on any atom is -0.474 e. The zero-order valence-electron chi connectivity index (χ0n) is 12.2. The summed E-state index contributed by atoms with van der Waals surface area (Å²) in [5.41, 5.74) is -3.44. The highest BCUT2D eigenvalue weighted by atomic mass is 19.4. The monoisotopic (exact) mass is 334 g/mol. The van der Waals surface area contributed by atoms with Gasteiger partial charge in [0.15, 0.2) is 0 Å². The molecule has 0 radical (unpaired) electrons. The fraction of sp³-hybridized carbons (Fsp3) is 0.385. The summed E-state index contributed by atoms with van der Waals surface area (Å²) in [6, 6.07) is 0.204. The van der Waals surface area contributed by atoms with E-state index < -0.39 is 46.0 Å². The number of alkyl halides is 3. The highest BCUT2D eigenvalue weighted by Crippen LogP contribution is 2.38. The predicted molar refractivity (Wildman–Crippen MR) is 72.1 cm³/mol. The topological polar surface area (TPSA) is 91.6 Å². The Labute approximate surface area is 128 Å². The van der Waals surface area contributed by atoms with Crippen LogP contribution in [-0.2, 0) is 10.9 Å². The first-order chi connectivity index (χ1) is 10.6. The molecule has 0 amide bonds. The Morgan fingerprint density at radius 3 is 2.61 bits per heavy atom. The summed E-state index contributed by atoms with van der Waals surface area (Å²) in [5.74, 6) is -2.18. The van der Waals surface area contributed by atoms with Crippen molar-refractivity contribution in [2.75, 3.05) is 7.11 Å². The molecule has 1 aromatic heterocycles. The Hall–Kier alpha value is -2.65. The van der Waals surface area contributed by atoms with Gasteiger partial charge in [-0.1, -0.05) is 6.08 Å². The van der Waals surface area contributed by atoms with E-state index in [-0.39, 0.29) is 12.5 Å². The number of methoxy groups -OCH3 is 1. The third-order valence-corrected chi connectivity index (χ3v) is 2.66. The molecule has 0 aliphatic carbocycles. The average Bonchev–Trinajstić information content (AvgIpc) is 2.44. The van der Waals surface area contributed by atoms with Gasteiger partial charge in [-0.15, -0.1) is 6.58 Å². The van der Waals surface area contributed by atoms with Crippen LogP contribution in [-0.4, -0.2) is 29.1 Å². The van der Waals surface area contributed by atoms with E-state index >= 15 is 0 Å². The van der Waals surface area contributed by atoms with E-state index in [1.807, 2.05) is 0 Å². The van der Waals surface area contributed by atoms with Gasteiger partial charge in [0.05, 0.1) is 12.0 Å². The van der Waals surface area contributed by atoms with Crippen LogP contribution >= 0.6 is 0 Å². The molecule has 126 valence electrons. The summed E-state index contributed by atoms with van der Waals surface area (Å²) in [4.78, 5) is 24.6. The van der Waals surface area contributed by atoms with Crippen molar-refractivity contribution in [2.45, 2.75) is 25.6 Å². The molecule has 1 atom stereocenters. The zero-order chi connectivity index (χ0) is 17.8. The smallest absolute Gasteiger partial charge is 0.421 e. The largest absolute Gasteiger partial charge is 0.474 e. The Balaban J connectivity index is 3.54. The van der Waals surface area contributed by atoms with Crippen LogP contribution in [0.5, 0.6) is 5.88 Å². The third kappa shape index (κ3) is 4.41. The summed E-state index contributed by atoms with van der Waals surface area (Å²) >= 11 is 0. The highest BCUT2D eigenvalue weighted by Gasteiger charge is 2.40. The van der Waals surface area contributed by atoms with Crippen molar-refractivity contribution >= 4 is 11.7 Å². The fourth-order valence-corrected chi connectivity index (χ4v) is 1.64. The van der Waals surface area contributed by atoms with E-state index in [1.54, 1.807) is 0 Å². The van der Waals surface area contributed by atoms with Crippen LogP contribution in [0.25, 0.3) is 0 Å². The van der Waals surface area contributed by atoms with Crippen molar-refractivity contribution in [3.63, 3.8) is 0 Å². The van der Waals surface area contributed by atoms with Gasteiger partial charge in [0.25, 0.3) is 0 Å². The standard InChI is InChI=1S/C13H13F3N2O5/c1-4-5-7(2)23-11-8(13(14,15)16)6-9(18(20)21)10(17-11)12(19)22-3/h4,6-7H,1,5H2,2-3H3. The number of esters is 1. The van der Waals surface area contributed by atoms with Crippen molar-refractivity contribution in [3.05, 3.63) is 40.1 Å². The number of rotatable bonds is 6. The molecule has 0 N–H and O–H groups in total. The molecule has 0 fully saturated rings. The van der Waals surface area contributed by atoms with E-state index in [0.717, 1.165) is 7.11 Å². The quantitative estimate of drug-likeness (QED) is 0.343. The van der Waals surface area contributed by atoms with Gasteiger partial charge in [-0.2, -0.15) is 18.2 Å². The molecule has 1 unspecified atom stereocenters. The summed E-state index contributed by atoms with van der Waals surface area (Å²) in [6.45, 7) is 4.88. The first kappa shape index (κ1) is 18.4. The van der Waals surface area contributed by atoms with Crippen molar-refractivity contribution in [2.24, 2.45) is 0 Å². The Morgan fingerprint density at radius 2 is 2.17 bits per heavy atom. The molecule has 0 saturated heterocycles. The van der Waals surface area contributed by atoms with Gasteiger partial charge in [-0.3, -0.25) is 10.1 Å². The van der Waals surface area contributed by atoms with Crippen LogP contribution in [0, 0.1) is 10.1 Å². The summed E-state index contributed by atoms with van der Waals surface area (Å²) < 4.78 is 48.5. The normalized spacial score (nSPS) is 12.4. The Bertz CT molecular complexity index is 631. The lowest BCUT2D eigenvalue weighted by molar-refractivity contribution is -0.385. The number of pyridine rings is 1. The molecule has 10 heteroatoms. The maximum atomic E-state index is 13.1. The number of halogens is 3. The predicted octanol–water partition coefficient (Wildman–Crippen LogP) is 3.14. The van der Waals surface area contributed by atoms with Gasteiger partial charge in [0.1, 0.15) is 11.7 Å². The van der Waals surface area contributed by atoms with Crippen molar-refractivity contribution in [1.29, 1.82) is 0 Å². The number of aromatic nitrogens is 1. The van der Waals surface area contributed by atoms with E-state index in [4.69, 9.17) is 4.74 Å². The number of nitrogens with zero attached hydrogens (tertiary/aromatic N) is 2. The van der Waals surface area contributed by atoms with Crippen molar-refractivity contribution in [1.82, 2.24) is 4.98 Å². The van der Waals surface area contributed by atoms with E-state index in [1.165, 1.54) is 13.0 Å². The number of hydrogen-bond donors (Lipinski definition) is 0. The number of ether oxygens (including phenoxy) is 2. The molecule has 0 aliphatic heterocycles. The van der Waals surface area contributed by atoms with Gasteiger partial charge in [0, 0.05) is 12.5 Å². The molecular weight excluding hydrogens is 321 g/mol. The third-order valence-electron chi connectivity index (χ3n) is 2.66. The van der Waals surface area contributed by atoms with Crippen LogP contribution in [0.4, 0.5) is 18.9 Å². The summed E-state index contributed by atoms with van der Waals surface area (Å²) in [7, 11) is 0.923. The van der Waals surface area contributed by atoms with Gasteiger partial charge >= 0.3 is 17.8 Å². The number of carbonyl (C=O) groups excluding carboxylic acids is 1. The first-order valence-electron chi connectivity index (χ1n) is 6.24. The van der Waals surface area contributed by atoms with Gasteiger partial charge < -0.3 is 9.47 Å². The number of nitro groups is 1. The van der Waals surface area contributed by atoms with Crippen LogP contribution in [0.15, 0.2) is 18.7 Å². The molecule has 0 saturated carbocycles. The lowest BCUT2D eigenvalue weighted by Crippen LogP contribution is -2.19. The first-order valence-corrected chi connectivity index (χ1v) is 6.24. The molecule has 1 rings (SSSR count). The van der Waals surface area contributed by atoms with E-state index in [2.05, 4.69) is 16.3 Å². The molecule has 0 aliphatic rings. The minimum atomic E-state index is -4.95. The second kappa shape index (κ2) is 7.07. The zero-order valence-corrected chi connectivity index (χ0v) is 12.2. The van der Waals surface area contributed by atoms with Crippen LogP contribution in [0.2, 0.25) is 0 Å². The molecule has 1 aromatic rings. The Kier molecular flexibility index (Phi) is 5.66. The summed E-state index contributed by atoms with van der Waals surface area (Å²) in [5, 5.41) is 10.9. The Morgan fingerprint density at radius 1 is 1.57 bits per heavy atom. The minimum absolute atomic E-state index is 0.204. The highest BCUT2D eigenvalue weighted by molar-refractivity contribution is 5.92. The molecule has 0 spiro atoms. The lowest BCUT2D eigenvalue weighted by atomic mass is 10.2. The second-order valence-corrected chi connectivity index (χ2v) is 4.41. The van der Waals surface area contributed by atoms with Crippen LogP contribution < -0.4 is 4.74 Å². The van der Waals surface area contributed by atoms with E-state index in [9.17, 15) is 28.1 Å². The average molecular weight is 334 g/mol. The number of hydrogen-bond acceptors (Lipinski definition) is 6. The van der Waals surface area contributed by atoms with Crippen LogP contribution in [0.3, 0.4) is 0 Å². The lowest BCUT2D eigenvalue weighted by Gasteiger charge is -2.17. The maximum absolute atomic E-state index is 13.1. The van der Waals surface area contributed by atoms with Gasteiger partial charge in [0.2, 0.25) is 11.6 Å². The van der Waals surface area contributed by atoms with Gasteiger partial charge in [-0.25, -0.2) is 4.79 Å². The molecule has 7 nitrogen and oxygen atoms in total. The van der Waals surface area contributed by atoms with Crippen molar-refractivity contribution < 1.29 is 32.4 Å². The van der Waals surface area contributed by atoms with E-state index in [0.29, 0.717) is 0 Å². The molecular formula is C13H13F3N2O5.